The molecule has 0 spiro atoms. The van der Waals surface area contributed by atoms with E-state index in [-0.39, 0.29) is 6.61 Å². The number of ether oxygens (including phenoxy) is 1. The molecular weight excluding hydrogens is 236 g/mol. The molecular formula is C17H16O2. The van der Waals surface area contributed by atoms with Crippen molar-refractivity contribution < 1.29 is 9.84 Å². The van der Waals surface area contributed by atoms with Crippen molar-refractivity contribution in [3.8, 4) is 17.6 Å². The Bertz CT molecular complexity index is 606. The molecule has 0 saturated heterocycles. The summed E-state index contributed by atoms with van der Waals surface area (Å²) in [6.07, 6.45) is 0. The zero-order valence-corrected chi connectivity index (χ0v) is 10.9. The fraction of sp³-hybridized carbons (Fsp3) is 0.176. The topological polar surface area (TPSA) is 29.5 Å². The van der Waals surface area contributed by atoms with Crippen LogP contribution in [-0.2, 0) is 6.61 Å². The molecule has 0 aliphatic carbocycles. The van der Waals surface area contributed by atoms with Crippen LogP contribution in [-0.4, -0.2) is 11.7 Å². The van der Waals surface area contributed by atoms with Crippen LogP contribution in [0.3, 0.4) is 0 Å². The van der Waals surface area contributed by atoms with Crippen molar-refractivity contribution in [3.63, 3.8) is 0 Å². The molecule has 1 N–H and O–H groups in total. The van der Waals surface area contributed by atoms with E-state index in [2.05, 4.69) is 30.9 Å². The number of hydrogen-bond acceptors (Lipinski definition) is 2. The highest BCUT2D eigenvalue weighted by Crippen LogP contribution is 2.18. The van der Waals surface area contributed by atoms with Gasteiger partial charge in [0.1, 0.15) is 19.0 Å². The molecule has 2 aromatic carbocycles. The first-order valence-corrected chi connectivity index (χ1v) is 6.16. The Kier molecular flexibility index (Phi) is 4.60. The van der Waals surface area contributed by atoms with E-state index in [1.54, 1.807) is 0 Å². The molecule has 0 atom stereocenters. The van der Waals surface area contributed by atoms with E-state index < -0.39 is 0 Å². The average Bonchev–Trinajstić information content (AvgIpc) is 2.44. The summed E-state index contributed by atoms with van der Waals surface area (Å²) in [5.41, 5.74) is 3.14. The number of benzene rings is 2. The summed E-state index contributed by atoms with van der Waals surface area (Å²) < 4.78 is 5.79. The molecule has 0 unspecified atom stereocenters. The summed E-state index contributed by atoms with van der Waals surface area (Å²) >= 11 is 0. The molecule has 0 radical (unpaired) electrons. The van der Waals surface area contributed by atoms with Crippen molar-refractivity contribution in [2.24, 2.45) is 0 Å². The van der Waals surface area contributed by atoms with Crippen molar-refractivity contribution in [2.45, 2.75) is 13.5 Å². The van der Waals surface area contributed by atoms with Crippen LogP contribution >= 0.6 is 0 Å². The molecule has 0 aliphatic rings. The lowest BCUT2D eigenvalue weighted by atomic mass is 10.1. The van der Waals surface area contributed by atoms with E-state index in [9.17, 15) is 0 Å². The molecule has 2 aromatic rings. The maximum atomic E-state index is 8.74. The lowest BCUT2D eigenvalue weighted by Crippen LogP contribution is -1.97. The van der Waals surface area contributed by atoms with Gasteiger partial charge in [0.2, 0.25) is 0 Å². The summed E-state index contributed by atoms with van der Waals surface area (Å²) in [6, 6.07) is 15.8. The number of rotatable bonds is 3. The number of aliphatic hydroxyl groups excluding tert-OH is 1. The SMILES string of the molecule is Cc1cccc(COc2ccccc2C#CCO)c1. The fourth-order valence-electron chi connectivity index (χ4n) is 1.79. The molecule has 2 nitrogen and oxygen atoms in total. The number of para-hydroxylation sites is 1. The predicted molar refractivity (Wildman–Crippen MR) is 75.9 cm³/mol. The van der Waals surface area contributed by atoms with E-state index in [1.807, 2.05) is 36.4 Å². The highest BCUT2D eigenvalue weighted by atomic mass is 16.5. The van der Waals surface area contributed by atoms with E-state index in [1.165, 1.54) is 5.56 Å². The average molecular weight is 252 g/mol. The molecule has 0 bridgehead atoms. The quantitative estimate of drug-likeness (QED) is 0.851. The maximum Gasteiger partial charge on any atom is 0.135 e. The van der Waals surface area contributed by atoms with Crippen LogP contribution < -0.4 is 4.74 Å². The molecule has 2 heteroatoms. The zero-order chi connectivity index (χ0) is 13.5. The summed E-state index contributed by atoms with van der Waals surface area (Å²) in [6.45, 7) is 2.43. The Morgan fingerprint density at radius 1 is 1.11 bits per heavy atom. The summed E-state index contributed by atoms with van der Waals surface area (Å²) in [7, 11) is 0. The highest BCUT2D eigenvalue weighted by Gasteiger charge is 2.01. The van der Waals surface area contributed by atoms with Crippen LogP contribution in [0.2, 0.25) is 0 Å². The first-order valence-electron chi connectivity index (χ1n) is 6.16. The minimum absolute atomic E-state index is 0.147. The van der Waals surface area contributed by atoms with Gasteiger partial charge < -0.3 is 9.84 Å². The van der Waals surface area contributed by atoms with Gasteiger partial charge in [-0.1, -0.05) is 53.8 Å². The van der Waals surface area contributed by atoms with Crippen molar-refractivity contribution in [1.82, 2.24) is 0 Å². The van der Waals surface area contributed by atoms with Gasteiger partial charge >= 0.3 is 0 Å². The Morgan fingerprint density at radius 3 is 2.74 bits per heavy atom. The first kappa shape index (κ1) is 13.2. The summed E-state index contributed by atoms with van der Waals surface area (Å²) in [5, 5.41) is 8.74. The first-order chi connectivity index (χ1) is 9.29. The van der Waals surface area contributed by atoms with Crippen molar-refractivity contribution in [2.75, 3.05) is 6.61 Å². The van der Waals surface area contributed by atoms with Crippen LogP contribution in [0, 0.1) is 18.8 Å². The van der Waals surface area contributed by atoms with Gasteiger partial charge in [-0.2, -0.15) is 0 Å². The van der Waals surface area contributed by atoms with Gasteiger partial charge in [0.05, 0.1) is 5.56 Å². The molecule has 0 aromatic heterocycles. The molecule has 0 saturated carbocycles. The van der Waals surface area contributed by atoms with Gasteiger partial charge in [-0.25, -0.2) is 0 Å². The molecule has 2 rings (SSSR count). The van der Waals surface area contributed by atoms with Crippen LogP contribution in [0.15, 0.2) is 48.5 Å². The Morgan fingerprint density at radius 2 is 1.95 bits per heavy atom. The molecule has 0 amide bonds. The third kappa shape index (κ3) is 3.87. The van der Waals surface area contributed by atoms with Crippen LogP contribution in [0.1, 0.15) is 16.7 Å². The minimum Gasteiger partial charge on any atom is -0.488 e. The summed E-state index contributed by atoms with van der Waals surface area (Å²) in [4.78, 5) is 0. The number of aryl methyl sites for hydroxylation is 1. The molecule has 19 heavy (non-hydrogen) atoms. The standard InChI is InChI=1S/C17H16O2/c1-14-6-4-7-15(12-14)13-19-17-10-3-2-8-16(17)9-5-11-18/h2-4,6-8,10,12,18H,11,13H2,1H3. The highest BCUT2D eigenvalue weighted by molar-refractivity contribution is 5.46. The molecule has 0 fully saturated rings. The minimum atomic E-state index is -0.147. The van der Waals surface area contributed by atoms with E-state index in [0.29, 0.717) is 6.61 Å². The van der Waals surface area contributed by atoms with Crippen molar-refractivity contribution in [3.05, 3.63) is 65.2 Å². The van der Waals surface area contributed by atoms with Gasteiger partial charge in [0.25, 0.3) is 0 Å². The third-order valence-corrected chi connectivity index (χ3v) is 2.67. The molecule has 96 valence electrons. The van der Waals surface area contributed by atoms with Crippen molar-refractivity contribution in [1.29, 1.82) is 0 Å². The van der Waals surface area contributed by atoms with Gasteiger partial charge in [0, 0.05) is 0 Å². The van der Waals surface area contributed by atoms with E-state index in [4.69, 9.17) is 9.84 Å². The normalized spacial score (nSPS) is 9.58. The lowest BCUT2D eigenvalue weighted by molar-refractivity contribution is 0.305. The second-order valence-electron chi connectivity index (χ2n) is 4.23. The third-order valence-electron chi connectivity index (χ3n) is 2.67. The molecule has 0 aliphatic heterocycles. The monoisotopic (exact) mass is 252 g/mol. The van der Waals surface area contributed by atoms with E-state index >= 15 is 0 Å². The van der Waals surface area contributed by atoms with Gasteiger partial charge in [-0.3, -0.25) is 0 Å². The number of aliphatic hydroxyl groups is 1. The van der Waals surface area contributed by atoms with Crippen molar-refractivity contribution >= 4 is 0 Å². The van der Waals surface area contributed by atoms with E-state index in [0.717, 1.165) is 16.9 Å². The second-order valence-corrected chi connectivity index (χ2v) is 4.23. The lowest BCUT2D eigenvalue weighted by Gasteiger charge is -2.08. The Balaban J connectivity index is 2.11. The number of hydrogen-bond donors (Lipinski definition) is 1. The van der Waals surface area contributed by atoms with Gasteiger partial charge in [-0.15, -0.1) is 0 Å². The van der Waals surface area contributed by atoms with Crippen LogP contribution in [0.4, 0.5) is 0 Å². The maximum absolute atomic E-state index is 8.74. The Hall–Kier alpha value is -2.24. The van der Waals surface area contributed by atoms with Crippen LogP contribution in [0.25, 0.3) is 0 Å². The smallest absolute Gasteiger partial charge is 0.135 e. The largest absolute Gasteiger partial charge is 0.488 e. The predicted octanol–water partition coefficient (Wildman–Crippen LogP) is 2.92. The van der Waals surface area contributed by atoms with Gasteiger partial charge in [0.15, 0.2) is 0 Å². The van der Waals surface area contributed by atoms with Gasteiger partial charge in [-0.05, 0) is 24.6 Å². The summed E-state index contributed by atoms with van der Waals surface area (Å²) in [5.74, 6) is 6.26. The Labute approximate surface area is 113 Å². The van der Waals surface area contributed by atoms with Crippen LogP contribution in [0.5, 0.6) is 5.75 Å². The zero-order valence-electron chi connectivity index (χ0n) is 10.9. The fourth-order valence-corrected chi connectivity index (χ4v) is 1.79. The molecule has 0 heterocycles. The second kappa shape index (κ2) is 6.63.